The molecule has 1 aromatic heterocycles. The van der Waals surface area contributed by atoms with E-state index in [4.69, 9.17) is 9.47 Å². The number of esters is 1. The van der Waals surface area contributed by atoms with Crippen LogP contribution in [-0.2, 0) is 11.8 Å². The first-order valence-corrected chi connectivity index (χ1v) is 7.60. The largest absolute Gasteiger partial charge is 0.493 e. The zero-order valence-corrected chi connectivity index (χ0v) is 13.3. The number of aryl methyl sites for hydroxylation is 1. The highest BCUT2D eigenvalue weighted by Gasteiger charge is 2.17. The van der Waals surface area contributed by atoms with Crippen molar-refractivity contribution in [1.29, 1.82) is 0 Å². The van der Waals surface area contributed by atoms with Gasteiger partial charge in [0.15, 0.2) is 0 Å². The molecule has 0 saturated heterocycles. The summed E-state index contributed by atoms with van der Waals surface area (Å²) in [6, 6.07) is 9.46. The maximum atomic E-state index is 11.9. The Morgan fingerprint density at radius 3 is 2.77 bits per heavy atom. The highest BCUT2D eigenvalue weighted by atomic mass is 16.5. The maximum Gasteiger partial charge on any atom is 0.356 e. The van der Waals surface area contributed by atoms with Crippen molar-refractivity contribution < 1.29 is 14.3 Å². The minimum atomic E-state index is -0.367. The third-order valence-electron chi connectivity index (χ3n) is 3.28. The van der Waals surface area contributed by atoms with Crippen molar-refractivity contribution in [2.24, 2.45) is 7.05 Å². The standard InChI is InChI=1S/C17H22N2O3/c1-4-6-11-22-16-10-8-7-9-13(16)14-12-15(19(3)18-14)17(20)21-5-2/h7-10,12H,4-6,11H2,1-3H3. The van der Waals surface area contributed by atoms with E-state index in [1.54, 1.807) is 20.0 Å². The van der Waals surface area contributed by atoms with Crippen LogP contribution in [0.4, 0.5) is 0 Å². The Balaban J connectivity index is 2.28. The van der Waals surface area contributed by atoms with Crippen molar-refractivity contribution in [3.8, 4) is 17.0 Å². The van der Waals surface area contributed by atoms with Crippen LogP contribution < -0.4 is 4.74 Å². The predicted molar refractivity (Wildman–Crippen MR) is 85.0 cm³/mol. The van der Waals surface area contributed by atoms with Gasteiger partial charge in [-0.05, 0) is 31.5 Å². The zero-order chi connectivity index (χ0) is 15.9. The van der Waals surface area contributed by atoms with Gasteiger partial charge in [0, 0.05) is 12.6 Å². The molecule has 0 spiro atoms. The summed E-state index contributed by atoms with van der Waals surface area (Å²) in [5.74, 6) is 0.414. The van der Waals surface area contributed by atoms with E-state index in [0.717, 1.165) is 24.2 Å². The average molecular weight is 302 g/mol. The fraction of sp³-hybridized carbons (Fsp3) is 0.412. The van der Waals surface area contributed by atoms with Gasteiger partial charge in [0.05, 0.1) is 18.9 Å². The highest BCUT2D eigenvalue weighted by molar-refractivity contribution is 5.89. The summed E-state index contributed by atoms with van der Waals surface area (Å²) in [4.78, 5) is 11.9. The summed E-state index contributed by atoms with van der Waals surface area (Å²) < 4.78 is 12.4. The third-order valence-corrected chi connectivity index (χ3v) is 3.28. The number of carbonyl (C=O) groups excluding carboxylic acids is 1. The molecule has 2 rings (SSSR count). The molecule has 0 unspecified atom stereocenters. The number of nitrogens with zero attached hydrogens (tertiary/aromatic N) is 2. The Morgan fingerprint density at radius 1 is 1.27 bits per heavy atom. The Labute approximate surface area is 130 Å². The molecule has 5 nitrogen and oxygen atoms in total. The van der Waals surface area contributed by atoms with Gasteiger partial charge >= 0.3 is 5.97 Å². The lowest BCUT2D eigenvalue weighted by Crippen LogP contribution is -2.10. The lowest BCUT2D eigenvalue weighted by molar-refractivity contribution is 0.0513. The van der Waals surface area contributed by atoms with E-state index in [1.165, 1.54) is 4.68 Å². The highest BCUT2D eigenvalue weighted by Crippen LogP contribution is 2.29. The smallest absolute Gasteiger partial charge is 0.356 e. The molecule has 0 N–H and O–H groups in total. The molecule has 2 aromatic rings. The van der Waals surface area contributed by atoms with Gasteiger partial charge in [0.25, 0.3) is 0 Å². The second-order valence-corrected chi connectivity index (χ2v) is 4.96. The third kappa shape index (κ3) is 3.67. The fourth-order valence-corrected chi connectivity index (χ4v) is 2.13. The SMILES string of the molecule is CCCCOc1ccccc1-c1cc(C(=O)OCC)n(C)n1. The molecule has 0 aliphatic carbocycles. The lowest BCUT2D eigenvalue weighted by atomic mass is 10.1. The minimum absolute atomic E-state index is 0.343. The zero-order valence-electron chi connectivity index (χ0n) is 13.3. The number of aromatic nitrogens is 2. The normalized spacial score (nSPS) is 10.5. The number of hydrogen-bond donors (Lipinski definition) is 0. The lowest BCUT2D eigenvalue weighted by Gasteiger charge is -2.09. The van der Waals surface area contributed by atoms with Crippen LogP contribution in [0.2, 0.25) is 0 Å². The summed E-state index contributed by atoms with van der Waals surface area (Å²) in [7, 11) is 1.73. The number of para-hydroxylation sites is 1. The molecule has 0 radical (unpaired) electrons. The van der Waals surface area contributed by atoms with Gasteiger partial charge in [-0.25, -0.2) is 4.79 Å². The van der Waals surface area contributed by atoms with Crippen LogP contribution in [0, 0.1) is 0 Å². The van der Waals surface area contributed by atoms with Crippen molar-refractivity contribution in [2.75, 3.05) is 13.2 Å². The fourth-order valence-electron chi connectivity index (χ4n) is 2.13. The van der Waals surface area contributed by atoms with Crippen molar-refractivity contribution in [2.45, 2.75) is 26.7 Å². The molecule has 1 aromatic carbocycles. The minimum Gasteiger partial charge on any atom is -0.493 e. The van der Waals surface area contributed by atoms with Crippen LogP contribution in [-0.4, -0.2) is 29.0 Å². The van der Waals surface area contributed by atoms with E-state index < -0.39 is 0 Å². The van der Waals surface area contributed by atoms with Gasteiger partial charge in [0.2, 0.25) is 0 Å². The molecule has 1 heterocycles. The monoisotopic (exact) mass is 302 g/mol. The number of benzene rings is 1. The molecule has 0 bridgehead atoms. The van der Waals surface area contributed by atoms with Gasteiger partial charge in [-0.15, -0.1) is 0 Å². The molecule has 0 saturated carbocycles. The molecule has 5 heteroatoms. The van der Waals surface area contributed by atoms with E-state index in [2.05, 4.69) is 12.0 Å². The van der Waals surface area contributed by atoms with Crippen LogP contribution in [0.5, 0.6) is 5.75 Å². The van der Waals surface area contributed by atoms with E-state index in [-0.39, 0.29) is 5.97 Å². The molecule has 0 atom stereocenters. The van der Waals surface area contributed by atoms with Crippen molar-refractivity contribution in [3.63, 3.8) is 0 Å². The molecule has 0 aliphatic heterocycles. The van der Waals surface area contributed by atoms with Crippen LogP contribution in [0.15, 0.2) is 30.3 Å². The first-order valence-electron chi connectivity index (χ1n) is 7.60. The van der Waals surface area contributed by atoms with Crippen molar-refractivity contribution >= 4 is 5.97 Å². The van der Waals surface area contributed by atoms with E-state index in [9.17, 15) is 4.79 Å². The van der Waals surface area contributed by atoms with E-state index in [1.807, 2.05) is 24.3 Å². The van der Waals surface area contributed by atoms with Gasteiger partial charge in [-0.1, -0.05) is 25.5 Å². The van der Waals surface area contributed by atoms with Crippen LogP contribution in [0.1, 0.15) is 37.2 Å². The summed E-state index contributed by atoms with van der Waals surface area (Å²) in [6.45, 7) is 4.92. The summed E-state index contributed by atoms with van der Waals surface area (Å²) in [5, 5.41) is 4.41. The average Bonchev–Trinajstić information content (AvgIpc) is 2.90. The number of hydrogen-bond acceptors (Lipinski definition) is 4. The Bertz CT molecular complexity index is 635. The van der Waals surface area contributed by atoms with Crippen LogP contribution >= 0.6 is 0 Å². The number of rotatable bonds is 7. The first-order chi connectivity index (χ1) is 10.7. The van der Waals surface area contributed by atoms with Crippen LogP contribution in [0.3, 0.4) is 0 Å². The van der Waals surface area contributed by atoms with E-state index in [0.29, 0.717) is 24.6 Å². The Morgan fingerprint density at radius 2 is 2.05 bits per heavy atom. The quantitative estimate of drug-likeness (QED) is 0.581. The van der Waals surface area contributed by atoms with Crippen LogP contribution in [0.25, 0.3) is 11.3 Å². The number of ether oxygens (including phenoxy) is 2. The Hall–Kier alpha value is -2.30. The molecule has 0 aliphatic rings. The topological polar surface area (TPSA) is 53.4 Å². The predicted octanol–water partition coefficient (Wildman–Crippen LogP) is 3.44. The summed E-state index contributed by atoms with van der Waals surface area (Å²) >= 11 is 0. The molecule has 0 fully saturated rings. The van der Waals surface area contributed by atoms with Gasteiger partial charge in [-0.2, -0.15) is 5.10 Å². The first kappa shape index (κ1) is 16.1. The number of unbranched alkanes of at least 4 members (excludes halogenated alkanes) is 1. The van der Waals surface area contributed by atoms with Crippen molar-refractivity contribution in [3.05, 3.63) is 36.0 Å². The van der Waals surface area contributed by atoms with Gasteiger partial charge < -0.3 is 9.47 Å². The van der Waals surface area contributed by atoms with Crippen molar-refractivity contribution in [1.82, 2.24) is 9.78 Å². The summed E-state index contributed by atoms with van der Waals surface area (Å²) in [6.07, 6.45) is 2.09. The summed E-state index contributed by atoms with van der Waals surface area (Å²) in [5.41, 5.74) is 2.02. The molecule has 22 heavy (non-hydrogen) atoms. The molecular formula is C17H22N2O3. The molecule has 118 valence electrons. The molecule has 0 amide bonds. The second-order valence-electron chi connectivity index (χ2n) is 4.96. The second kappa shape index (κ2) is 7.64. The van der Waals surface area contributed by atoms with Gasteiger partial charge in [0.1, 0.15) is 11.4 Å². The van der Waals surface area contributed by atoms with E-state index >= 15 is 0 Å². The molecular weight excluding hydrogens is 280 g/mol. The Kier molecular flexibility index (Phi) is 5.58. The number of carbonyl (C=O) groups is 1. The maximum absolute atomic E-state index is 11.9. The van der Waals surface area contributed by atoms with Gasteiger partial charge in [-0.3, -0.25) is 4.68 Å².